The molecule has 0 aromatic carbocycles. The second kappa shape index (κ2) is 5.65. The van der Waals surface area contributed by atoms with Crippen LogP contribution in [0, 0.1) is 0 Å². The van der Waals surface area contributed by atoms with Crippen molar-refractivity contribution in [3.05, 3.63) is 24.4 Å². The monoisotopic (exact) mass is 314 g/mol. The van der Waals surface area contributed by atoms with Crippen LogP contribution in [-0.4, -0.2) is 32.8 Å². The van der Waals surface area contributed by atoms with E-state index in [1.807, 2.05) is 0 Å². The number of sulfonamides is 1. The van der Waals surface area contributed by atoms with Crippen molar-refractivity contribution in [1.82, 2.24) is 9.88 Å². The third-order valence-corrected chi connectivity index (χ3v) is 6.07. The molecule has 0 radical (unpaired) electrons. The fourth-order valence-corrected chi connectivity index (χ4v) is 4.39. The van der Waals surface area contributed by atoms with Crippen molar-refractivity contribution >= 4 is 21.4 Å². The van der Waals surface area contributed by atoms with E-state index in [4.69, 9.17) is 9.26 Å². The van der Waals surface area contributed by atoms with Crippen LogP contribution in [0.4, 0.5) is 0 Å². The van der Waals surface area contributed by atoms with Crippen molar-refractivity contribution in [2.75, 3.05) is 13.2 Å². The Hall–Kier alpha value is -1.22. The van der Waals surface area contributed by atoms with Crippen molar-refractivity contribution in [1.29, 1.82) is 0 Å². The Balaban J connectivity index is 1.71. The summed E-state index contributed by atoms with van der Waals surface area (Å²) in [6, 6.07) is 4.98. The highest BCUT2D eigenvalue weighted by molar-refractivity contribution is 7.91. The maximum atomic E-state index is 12.2. The lowest BCUT2D eigenvalue weighted by Crippen LogP contribution is -2.31. The molecule has 2 aromatic rings. The lowest BCUT2D eigenvalue weighted by molar-refractivity contribution is 0.114. The topological polar surface area (TPSA) is 81.4 Å². The maximum Gasteiger partial charge on any atom is 0.250 e. The van der Waals surface area contributed by atoms with E-state index in [1.165, 1.54) is 6.20 Å². The third kappa shape index (κ3) is 2.93. The van der Waals surface area contributed by atoms with Gasteiger partial charge in [0.1, 0.15) is 4.21 Å². The normalized spacial score (nSPS) is 19.5. The number of aromatic nitrogens is 1. The molecule has 0 spiro atoms. The first kappa shape index (κ1) is 13.7. The van der Waals surface area contributed by atoms with Gasteiger partial charge >= 0.3 is 0 Å². The highest BCUT2D eigenvalue weighted by atomic mass is 32.2. The molecule has 108 valence electrons. The molecule has 1 aliphatic heterocycles. The minimum absolute atomic E-state index is 0.0153. The van der Waals surface area contributed by atoms with Crippen molar-refractivity contribution < 1.29 is 17.7 Å². The van der Waals surface area contributed by atoms with Crippen LogP contribution in [0.1, 0.15) is 12.8 Å². The molecular formula is C12H14N2O4S2. The van der Waals surface area contributed by atoms with Crippen molar-refractivity contribution in [3.63, 3.8) is 0 Å². The van der Waals surface area contributed by atoms with Gasteiger partial charge in [0.2, 0.25) is 10.0 Å². The largest absolute Gasteiger partial charge is 0.377 e. The number of nitrogens with zero attached hydrogens (tertiary/aromatic N) is 1. The zero-order valence-corrected chi connectivity index (χ0v) is 12.2. The molecule has 3 heterocycles. The lowest BCUT2D eigenvalue weighted by atomic mass is 10.2. The molecule has 0 unspecified atom stereocenters. The molecule has 1 atom stereocenters. The molecule has 0 aliphatic carbocycles. The van der Waals surface area contributed by atoms with E-state index >= 15 is 0 Å². The summed E-state index contributed by atoms with van der Waals surface area (Å²) < 4.78 is 37.6. The summed E-state index contributed by atoms with van der Waals surface area (Å²) in [7, 11) is -3.49. The third-order valence-electron chi connectivity index (χ3n) is 3.05. The van der Waals surface area contributed by atoms with Crippen LogP contribution in [-0.2, 0) is 14.8 Å². The second-order valence-corrected chi connectivity index (χ2v) is 7.56. The van der Waals surface area contributed by atoms with Crippen LogP contribution in [0.3, 0.4) is 0 Å². The Bertz CT molecular complexity index is 657. The van der Waals surface area contributed by atoms with Gasteiger partial charge in [-0.25, -0.2) is 13.1 Å². The molecule has 1 aliphatic rings. The van der Waals surface area contributed by atoms with Gasteiger partial charge in [-0.2, -0.15) is 0 Å². The van der Waals surface area contributed by atoms with E-state index in [0.717, 1.165) is 29.1 Å². The summed E-state index contributed by atoms with van der Waals surface area (Å²) in [5, 5.41) is 3.61. The average molecular weight is 314 g/mol. The highest BCUT2D eigenvalue weighted by Gasteiger charge is 2.22. The van der Waals surface area contributed by atoms with Gasteiger partial charge in [-0.1, -0.05) is 5.16 Å². The lowest BCUT2D eigenvalue weighted by Gasteiger charge is -2.10. The number of nitrogens with one attached hydrogen (secondary N) is 1. The molecule has 6 nitrogen and oxygen atoms in total. The molecule has 0 amide bonds. The van der Waals surface area contributed by atoms with Crippen molar-refractivity contribution in [3.8, 4) is 10.6 Å². The fourth-order valence-electron chi connectivity index (χ4n) is 2.02. The summed E-state index contributed by atoms with van der Waals surface area (Å²) in [4.78, 5) is 0.736. The van der Waals surface area contributed by atoms with Crippen LogP contribution in [0.15, 0.2) is 33.1 Å². The first-order valence-electron chi connectivity index (χ1n) is 6.27. The Morgan fingerprint density at radius 2 is 2.30 bits per heavy atom. The summed E-state index contributed by atoms with van der Waals surface area (Å²) in [5.41, 5.74) is 0. The standard InChI is InChI=1S/C12H14N2O4S2/c15-20(16,14-8-9-2-1-7-17-9)12-4-3-11(19-12)10-5-6-13-18-10/h3-6,9,14H,1-2,7-8H2/t9-/m1/s1. The van der Waals surface area contributed by atoms with Crippen molar-refractivity contribution in [2.24, 2.45) is 0 Å². The summed E-state index contributed by atoms with van der Waals surface area (Å²) in [6.07, 6.45) is 3.40. The predicted molar refractivity (Wildman–Crippen MR) is 74.0 cm³/mol. The van der Waals surface area contributed by atoms with Crippen LogP contribution < -0.4 is 4.72 Å². The smallest absolute Gasteiger partial charge is 0.250 e. The fraction of sp³-hybridized carbons (Fsp3) is 0.417. The van der Waals surface area contributed by atoms with Gasteiger partial charge in [-0.05, 0) is 25.0 Å². The van der Waals surface area contributed by atoms with Gasteiger partial charge in [0.15, 0.2) is 5.76 Å². The molecule has 1 N–H and O–H groups in total. The van der Waals surface area contributed by atoms with Crippen LogP contribution in [0.2, 0.25) is 0 Å². The van der Waals surface area contributed by atoms with Crippen LogP contribution in [0.5, 0.6) is 0 Å². The Morgan fingerprint density at radius 3 is 3.00 bits per heavy atom. The van der Waals surface area contributed by atoms with E-state index in [-0.39, 0.29) is 10.3 Å². The van der Waals surface area contributed by atoms with Crippen molar-refractivity contribution in [2.45, 2.75) is 23.2 Å². The van der Waals surface area contributed by atoms with E-state index in [2.05, 4.69) is 9.88 Å². The Morgan fingerprint density at radius 1 is 1.40 bits per heavy atom. The Kier molecular flexibility index (Phi) is 3.88. The quantitative estimate of drug-likeness (QED) is 0.911. The molecule has 0 saturated carbocycles. The molecule has 1 saturated heterocycles. The van der Waals surface area contributed by atoms with Gasteiger partial charge in [0, 0.05) is 19.2 Å². The summed E-state index contributed by atoms with van der Waals surface area (Å²) in [5.74, 6) is 0.565. The molecule has 3 rings (SSSR count). The maximum absolute atomic E-state index is 12.2. The van der Waals surface area contributed by atoms with E-state index < -0.39 is 10.0 Å². The molecular weight excluding hydrogens is 300 g/mol. The van der Waals surface area contributed by atoms with Gasteiger partial charge in [0.05, 0.1) is 17.2 Å². The summed E-state index contributed by atoms with van der Waals surface area (Å²) >= 11 is 1.16. The zero-order chi connectivity index (χ0) is 14.0. The van der Waals surface area contributed by atoms with Gasteiger partial charge in [-0.15, -0.1) is 11.3 Å². The van der Waals surface area contributed by atoms with E-state index in [1.54, 1.807) is 18.2 Å². The van der Waals surface area contributed by atoms with E-state index in [0.29, 0.717) is 18.9 Å². The first-order valence-corrected chi connectivity index (χ1v) is 8.57. The van der Waals surface area contributed by atoms with E-state index in [9.17, 15) is 8.42 Å². The highest BCUT2D eigenvalue weighted by Crippen LogP contribution is 2.30. The SMILES string of the molecule is O=S(=O)(NC[C@H]1CCCO1)c1ccc(-c2ccno2)s1. The van der Waals surface area contributed by atoms with Crippen LogP contribution >= 0.6 is 11.3 Å². The number of rotatable bonds is 5. The predicted octanol–water partition coefficient (Wildman–Crippen LogP) is 1.86. The second-order valence-electron chi connectivity index (χ2n) is 4.48. The molecule has 20 heavy (non-hydrogen) atoms. The minimum atomic E-state index is -3.49. The van der Waals surface area contributed by atoms with Gasteiger partial charge < -0.3 is 9.26 Å². The first-order chi connectivity index (χ1) is 9.65. The van der Waals surface area contributed by atoms with Gasteiger partial charge in [0.25, 0.3) is 0 Å². The summed E-state index contributed by atoms with van der Waals surface area (Å²) in [6.45, 7) is 1.03. The number of thiophene rings is 1. The minimum Gasteiger partial charge on any atom is -0.377 e. The molecule has 8 heteroatoms. The average Bonchev–Trinajstić information content (AvgIpc) is 3.16. The molecule has 1 fully saturated rings. The molecule has 2 aromatic heterocycles. The number of hydrogen-bond donors (Lipinski definition) is 1. The Labute approximate surface area is 120 Å². The number of ether oxygens (including phenoxy) is 1. The number of hydrogen-bond acceptors (Lipinski definition) is 6. The van der Waals surface area contributed by atoms with Crippen LogP contribution in [0.25, 0.3) is 10.6 Å². The van der Waals surface area contributed by atoms with Gasteiger partial charge in [-0.3, -0.25) is 0 Å². The zero-order valence-electron chi connectivity index (χ0n) is 10.6. The molecule has 0 bridgehead atoms.